The summed E-state index contributed by atoms with van der Waals surface area (Å²) < 4.78 is 43.6. The van der Waals surface area contributed by atoms with Gasteiger partial charge in [-0.2, -0.15) is 0 Å². The Morgan fingerprint density at radius 3 is 1.81 bits per heavy atom. The smallest absolute Gasteiger partial charge is 0.303 e. The Morgan fingerprint density at radius 2 is 1.27 bits per heavy atom. The van der Waals surface area contributed by atoms with Gasteiger partial charge in [-0.05, 0) is 12.2 Å². The number of carbonyl (C=O) groups is 5. The van der Waals surface area contributed by atoms with Gasteiger partial charge in [0.25, 0.3) is 0 Å². The number of rotatable bonds is 10. The molecular formula is C23H32O13S. The molecular weight excluding hydrogens is 516 g/mol. The summed E-state index contributed by atoms with van der Waals surface area (Å²) in [5.74, 6) is -2.93. The van der Waals surface area contributed by atoms with E-state index in [0.717, 1.165) is 0 Å². The molecule has 1 saturated heterocycles. The summed E-state index contributed by atoms with van der Waals surface area (Å²) in [6.45, 7) is 5.87. The molecule has 0 aromatic rings. The second-order valence-corrected chi connectivity index (χ2v) is 9.27. The molecule has 0 N–H and O–H groups in total. The molecule has 1 fully saturated rings. The van der Waals surface area contributed by atoms with E-state index in [4.69, 9.17) is 37.9 Å². The van der Waals surface area contributed by atoms with E-state index in [2.05, 4.69) is 0 Å². The van der Waals surface area contributed by atoms with Crippen molar-refractivity contribution < 1.29 is 61.9 Å². The second kappa shape index (κ2) is 14.3. The van der Waals surface area contributed by atoms with Crippen molar-refractivity contribution in [3.8, 4) is 0 Å². The zero-order valence-corrected chi connectivity index (χ0v) is 22.2. The zero-order valence-electron chi connectivity index (χ0n) is 21.4. The van der Waals surface area contributed by atoms with E-state index < -0.39 is 78.2 Å². The van der Waals surface area contributed by atoms with Crippen molar-refractivity contribution in [2.45, 2.75) is 83.0 Å². The highest BCUT2D eigenvalue weighted by Crippen LogP contribution is 2.33. The molecule has 0 radical (unpaired) electrons. The van der Waals surface area contributed by atoms with Crippen molar-refractivity contribution in [3.63, 3.8) is 0 Å². The van der Waals surface area contributed by atoms with Crippen LogP contribution in [0.1, 0.15) is 34.6 Å². The molecule has 37 heavy (non-hydrogen) atoms. The van der Waals surface area contributed by atoms with Crippen LogP contribution in [0.15, 0.2) is 12.2 Å². The van der Waals surface area contributed by atoms with Crippen LogP contribution in [0.25, 0.3) is 0 Å². The van der Waals surface area contributed by atoms with Gasteiger partial charge in [-0.15, -0.1) is 11.8 Å². The average Bonchev–Trinajstić information content (AvgIpc) is 2.79. The molecule has 0 saturated carbocycles. The first-order valence-corrected chi connectivity index (χ1v) is 12.4. The zero-order chi connectivity index (χ0) is 27.7. The lowest BCUT2D eigenvalue weighted by atomic mass is 9.98. The first-order chi connectivity index (χ1) is 17.4. The number of ether oxygens (including phenoxy) is 8. The van der Waals surface area contributed by atoms with Crippen LogP contribution in [0.5, 0.6) is 0 Å². The molecule has 0 spiro atoms. The van der Waals surface area contributed by atoms with Gasteiger partial charge in [-0.25, -0.2) is 0 Å². The van der Waals surface area contributed by atoms with Gasteiger partial charge in [0, 0.05) is 47.5 Å². The molecule has 0 aliphatic carbocycles. The Kier molecular flexibility index (Phi) is 11.8. The highest BCUT2D eigenvalue weighted by molar-refractivity contribution is 7.99. The molecule has 0 bridgehead atoms. The first kappa shape index (κ1) is 30.5. The molecule has 2 aliphatic rings. The maximum Gasteiger partial charge on any atom is 0.303 e. The third kappa shape index (κ3) is 9.61. The fraction of sp³-hybridized carbons (Fsp3) is 0.696. The predicted octanol–water partition coefficient (Wildman–Crippen LogP) is 0.662. The largest absolute Gasteiger partial charge is 0.463 e. The first-order valence-electron chi connectivity index (χ1n) is 11.4. The van der Waals surface area contributed by atoms with E-state index in [1.165, 1.54) is 53.5 Å². The van der Waals surface area contributed by atoms with Crippen molar-refractivity contribution in [3.05, 3.63) is 12.2 Å². The van der Waals surface area contributed by atoms with E-state index in [1.54, 1.807) is 12.2 Å². The van der Waals surface area contributed by atoms with Crippen molar-refractivity contribution in [1.82, 2.24) is 0 Å². The normalized spacial score (nSPS) is 31.1. The summed E-state index contributed by atoms with van der Waals surface area (Å²) in [7, 11) is 1.32. The van der Waals surface area contributed by atoms with Crippen LogP contribution >= 0.6 is 11.8 Å². The Morgan fingerprint density at radius 1 is 0.703 bits per heavy atom. The van der Waals surface area contributed by atoms with Gasteiger partial charge in [0.2, 0.25) is 0 Å². The van der Waals surface area contributed by atoms with E-state index in [0.29, 0.717) is 0 Å². The summed E-state index contributed by atoms with van der Waals surface area (Å²) >= 11 is 1.23. The summed E-state index contributed by atoms with van der Waals surface area (Å²) in [6, 6.07) is 0. The molecule has 2 rings (SSSR count). The fourth-order valence-corrected chi connectivity index (χ4v) is 4.79. The Labute approximate surface area is 218 Å². The van der Waals surface area contributed by atoms with Crippen LogP contribution in [-0.2, 0) is 61.9 Å². The Balaban J connectivity index is 2.22. The standard InChI is InChI=1S/C23H32O13S/c1-11(24)30-9-17-16(31-12(2)25)7-8-19(35-17)37-10-18-20(32-13(3)26)21(33-14(4)27)22(34-15(5)28)23(29-6)36-18/h7-8,16-23H,9-10H2,1-6H3/t16-,17+,18+,19+,20+,21-,22+,23-/m0/s1. The fourth-order valence-electron chi connectivity index (χ4n) is 3.72. The van der Waals surface area contributed by atoms with Gasteiger partial charge >= 0.3 is 29.8 Å². The van der Waals surface area contributed by atoms with Crippen molar-refractivity contribution in [2.75, 3.05) is 19.5 Å². The molecule has 0 unspecified atom stereocenters. The van der Waals surface area contributed by atoms with Crippen LogP contribution in [0.3, 0.4) is 0 Å². The minimum atomic E-state index is -1.21. The molecule has 2 aliphatic heterocycles. The van der Waals surface area contributed by atoms with Crippen molar-refractivity contribution >= 4 is 41.6 Å². The van der Waals surface area contributed by atoms with Crippen LogP contribution in [-0.4, -0.2) is 97.7 Å². The molecule has 14 heteroatoms. The summed E-state index contributed by atoms with van der Waals surface area (Å²) in [5.41, 5.74) is -0.590. The lowest BCUT2D eigenvalue weighted by molar-refractivity contribution is -0.294. The van der Waals surface area contributed by atoms with Crippen LogP contribution in [0, 0.1) is 0 Å². The third-order valence-corrected chi connectivity index (χ3v) is 6.16. The van der Waals surface area contributed by atoms with E-state index in [1.807, 2.05) is 0 Å². The molecule has 0 aromatic heterocycles. The highest BCUT2D eigenvalue weighted by atomic mass is 32.2. The van der Waals surface area contributed by atoms with Crippen molar-refractivity contribution in [1.29, 1.82) is 0 Å². The number of methoxy groups -OCH3 is 1. The van der Waals surface area contributed by atoms with Gasteiger partial charge in [-0.3, -0.25) is 24.0 Å². The number of hydrogen-bond donors (Lipinski definition) is 0. The Hall–Kier alpha value is -2.68. The topological polar surface area (TPSA) is 159 Å². The monoisotopic (exact) mass is 548 g/mol. The quantitative estimate of drug-likeness (QED) is 0.213. The molecule has 8 atom stereocenters. The molecule has 0 aromatic carbocycles. The minimum absolute atomic E-state index is 0.144. The number of esters is 5. The average molecular weight is 549 g/mol. The SMILES string of the molecule is CO[C@H]1O[C@H](CS[C@@H]2C=C[C@H](OC(C)=O)[C@@H](COC(C)=O)O2)[C@@H](OC(C)=O)[C@H](OC(C)=O)[C@H]1OC(C)=O. The number of carbonyl (C=O) groups excluding carboxylic acids is 5. The maximum absolute atomic E-state index is 11.9. The van der Waals surface area contributed by atoms with Crippen LogP contribution in [0.2, 0.25) is 0 Å². The van der Waals surface area contributed by atoms with Gasteiger partial charge < -0.3 is 37.9 Å². The molecule has 13 nitrogen and oxygen atoms in total. The predicted molar refractivity (Wildman–Crippen MR) is 125 cm³/mol. The van der Waals surface area contributed by atoms with Gasteiger partial charge in [0.15, 0.2) is 24.6 Å². The summed E-state index contributed by atoms with van der Waals surface area (Å²) in [6.07, 6.45) is -3.77. The lowest BCUT2D eigenvalue weighted by Crippen LogP contribution is -2.62. The van der Waals surface area contributed by atoms with Crippen LogP contribution < -0.4 is 0 Å². The number of hydrogen-bond acceptors (Lipinski definition) is 14. The summed E-state index contributed by atoms with van der Waals surface area (Å²) in [5, 5.41) is 0. The molecule has 2 heterocycles. The lowest BCUT2D eigenvalue weighted by Gasteiger charge is -2.44. The van der Waals surface area contributed by atoms with Gasteiger partial charge in [0.05, 0.1) is 0 Å². The van der Waals surface area contributed by atoms with Gasteiger partial charge in [0.1, 0.15) is 30.4 Å². The third-order valence-electron chi connectivity index (χ3n) is 5.04. The maximum atomic E-state index is 11.9. The van der Waals surface area contributed by atoms with E-state index in [9.17, 15) is 24.0 Å². The summed E-state index contributed by atoms with van der Waals surface area (Å²) in [4.78, 5) is 58.1. The Bertz CT molecular complexity index is 875. The van der Waals surface area contributed by atoms with Crippen molar-refractivity contribution in [2.24, 2.45) is 0 Å². The van der Waals surface area contributed by atoms with E-state index >= 15 is 0 Å². The van der Waals surface area contributed by atoms with Crippen LogP contribution in [0.4, 0.5) is 0 Å². The molecule has 0 amide bonds. The molecule has 208 valence electrons. The van der Waals surface area contributed by atoms with E-state index in [-0.39, 0.29) is 12.4 Å². The number of thioether (sulfide) groups is 1. The van der Waals surface area contributed by atoms with Gasteiger partial charge in [-0.1, -0.05) is 0 Å². The highest BCUT2D eigenvalue weighted by Gasteiger charge is 2.52. The second-order valence-electron chi connectivity index (χ2n) is 8.14. The minimum Gasteiger partial charge on any atom is -0.463 e.